The zero-order chi connectivity index (χ0) is 18.5. The summed E-state index contributed by atoms with van der Waals surface area (Å²) in [5, 5.41) is 0. The van der Waals surface area contributed by atoms with E-state index in [0.717, 1.165) is 44.6 Å². The molecule has 4 rings (SSSR count). The van der Waals surface area contributed by atoms with E-state index in [1.165, 1.54) is 42.6 Å². The number of hydrogen-bond donors (Lipinski definition) is 0. The average Bonchev–Trinajstić information content (AvgIpc) is 3.04. The molecule has 2 heterocycles. The first kappa shape index (κ1) is 18.3. The van der Waals surface area contributed by atoms with Gasteiger partial charge in [-0.05, 0) is 54.7 Å². The number of methoxy groups -OCH3 is 1. The SMILES string of the molecule is COc1cccc(-c2ccc(N3CCC(N4CCCOCC4)CC3)cc2)c1. The second-order valence-electron chi connectivity index (χ2n) is 7.50. The Labute approximate surface area is 162 Å². The van der Waals surface area contributed by atoms with E-state index in [1.54, 1.807) is 7.11 Å². The van der Waals surface area contributed by atoms with Crippen LogP contribution in [0.4, 0.5) is 5.69 Å². The Bertz CT molecular complexity index is 715. The van der Waals surface area contributed by atoms with Crippen LogP contribution in [-0.2, 0) is 4.74 Å². The van der Waals surface area contributed by atoms with Crippen molar-refractivity contribution in [2.24, 2.45) is 0 Å². The first-order valence-electron chi connectivity index (χ1n) is 10.1. The summed E-state index contributed by atoms with van der Waals surface area (Å²) >= 11 is 0. The third kappa shape index (κ3) is 4.45. The summed E-state index contributed by atoms with van der Waals surface area (Å²) in [6, 6.07) is 17.9. The van der Waals surface area contributed by atoms with Gasteiger partial charge in [0, 0.05) is 44.5 Å². The molecule has 2 aromatic rings. The van der Waals surface area contributed by atoms with E-state index in [2.05, 4.69) is 46.2 Å². The van der Waals surface area contributed by atoms with E-state index in [0.29, 0.717) is 0 Å². The molecule has 4 heteroatoms. The van der Waals surface area contributed by atoms with Gasteiger partial charge in [0.15, 0.2) is 0 Å². The molecule has 0 saturated carbocycles. The first-order chi connectivity index (χ1) is 13.3. The molecule has 0 aromatic heterocycles. The van der Waals surface area contributed by atoms with Gasteiger partial charge in [0.1, 0.15) is 5.75 Å². The molecule has 0 spiro atoms. The zero-order valence-electron chi connectivity index (χ0n) is 16.3. The average molecular weight is 367 g/mol. The molecule has 0 aliphatic carbocycles. The Morgan fingerprint density at radius 2 is 1.70 bits per heavy atom. The Morgan fingerprint density at radius 1 is 0.889 bits per heavy atom. The van der Waals surface area contributed by atoms with E-state index in [1.807, 2.05) is 12.1 Å². The lowest BCUT2D eigenvalue weighted by Gasteiger charge is -2.39. The third-order valence-corrected chi connectivity index (χ3v) is 5.87. The molecule has 0 bridgehead atoms. The van der Waals surface area contributed by atoms with Gasteiger partial charge < -0.3 is 14.4 Å². The van der Waals surface area contributed by atoms with Crippen molar-refractivity contribution in [3.63, 3.8) is 0 Å². The smallest absolute Gasteiger partial charge is 0.119 e. The largest absolute Gasteiger partial charge is 0.497 e. The van der Waals surface area contributed by atoms with Crippen LogP contribution in [0, 0.1) is 0 Å². The van der Waals surface area contributed by atoms with Gasteiger partial charge in [-0.25, -0.2) is 0 Å². The predicted molar refractivity (Wildman–Crippen MR) is 111 cm³/mol. The van der Waals surface area contributed by atoms with Crippen molar-refractivity contribution in [1.82, 2.24) is 4.90 Å². The number of benzene rings is 2. The van der Waals surface area contributed by atoms with Crippen LogP contribution in [-0.4, -0.2) is 57.4 Å². The number of rotatable bonds is 4. The molecule has 0 atom stereocenters. The highest BCUT2D eigenvalue weighted by atomic mass is 16.5. The van der Waals surface area contributed by atoms with Crippen LogP contribution in [0.25, 0.3) is 11.1 Å². The summed E-state index contributed by atoms with van der Waals surface area (Å²) < 4.78 is 11.0. The minimum atomic E-state index is 0.721. The van der Waals surface area contributed by atoms with Crippen LogP contribution in [0.3, 0.4) is 0 Å². The summed E-state index contributed by atoms with van der Waals surface area (Å²) in [6.07, 6.45) is 3.67. The highest BCUT2D eigenvalue weighted by molar-refractivity contribution is 5.67. The highest BCUT2D eigenvalue weighted by Crippen LogP contribution is 2.28. The van der Waals surface area contributed by atoms with Gasteiger partial charge in [0.05, 0.1) is 13.7 Å². The Morgan fingerprint density at radius 3 is 2.48 bits per heavy atom. The summed E-state index contributed by atoms with van der Waals surface area (Å²) in [7, 11) is 1.71. The molecule has 4 nitrogen and oxygen atoms in total. The minimum Gasteiger partial charge on any atom is -0.497 e. The molecule has 0 unspecified atom stereocenters. The van der Waals surface area contributed by atoms with Crippen molar-refractivity contribution in [2.45, 2.75) is 25.3 Å². The molecular weight excluding hydrogens is 336 g/mol. The predicted octanol–water partition coefficient (Wildman–Crippen LogP) is 4.05. The van der Waals surface area contributed by atoms with Gasteiger partial charge in [0.25, 0.3) is 0 Å². The van der Waals surface area contributed by atoms with E-state index < -0.39 is 0 Å². The van der Waals surface area contributed by atoms with Crippen molar-refractivity contribution in [2.75, 3.05) is 51.4 Å². The maximum absolute atomic E-state index is 5.61. The van der Waals surface area contributed by atoms with E-state index >= 15 is 0 Å². The van der Waals surface area contributed by atoms with Crippen LogP contribution in [0.2, 0.25) is 0 Å². The Hall–Kier alpha value is -2.04. The number of nitrogens with zero attached hydrogens (tertiary/aromatic N) is 2. The minimum absolute atomic E-state index is 0.721. The quantitative estimate of drug-likeness (QED) is 0.815. The molecule has 0 amide bonds. The van der Waals surface area contributed by atoms with Crippen molar-refractivity contribution in [1.29, 1.82) is 0 Å². The molecular formula is C23H30N2O2. The van der Waals surface area contributed by atoms with Gasteiger partial charge in [-0.15, -0.1) is 0 Å². The molecule has 0 radical (unpaired) electrons. The van der Waals surface area contributed by atoms with Crippen LogP contribution >= 0.6 is 0 Å². The van der Waals surface area contributed by atoms with Gasteiger partial charge in [-0.2, -0.15) is 0 Å². The monoisotopic (exact) mass is 366 g/mol. The standard InChI is InChI=1S/C23H30N2O2/c1-26-23-5-2-4-20(18-23)19-6-8-21(9-7-19)25-13-10-22(11-14-25)24-12-3-16-27-17-15-24/h2,4-9,18,22H,3,10-17H2,1H3. The van der Waals surface area contributed by atoms with Gasteiger partial charge in [0.2, 0.25) is 0 Å². The second-order valence-corrected chi connectivity index (χ2v) is 7.50. The summed E-state index contributed by atoms with van der Waals surface area (Å²) in [6.45, 7) is 6.39. The normalized spacial score (nSPS) is 19.7. The molecule has 2 aliphatic heterocycles. The summed E-state index contributed by atoms with van der Waals surface area (Å²) in [5.41, 5.74) is 3.76. The molecule has 2 saturated heterocycles. The fourth-order valence-electron chi connectivity index (χ4n) is 4.29. The fraction of sp³-hybridized carbons (Fsp3) is 0.478. The number of hydrogen-bond acceptors (Lipinski definition) is 4. The zero-order valence-corrected chi connectivity index (χ0v) is 16.3. The Kier molecular flexibility index (Phi) is 5.95. The van der Waals surface area contributed by atoms with E-state index in [-0.39, 0.29) is 0 Å². The molecule has 2 aromatic carbocycles. The third-order valence-electron chi connectivity index (χ3n) is 5.87. The van der Waals surface area contributed by atoms with Gasteiger partial charge >= 0.3 is 0 Å². The second kappa shape index (κ2) is 8.77. The summed E-state index contributed by atoms with van der Waals surface area (Å²) in [4.78, 5) is 5.18. The lowest BCUT2D eigenvalue weighted by atomic mass is 10.0. The van der Waals surface area contributed by atoms with Gasteiger partial charge in [-0.3, -0.25) is 4.90 Å². The molecule has 144 valence electrons. The van der Waals surface area contributed by atoms with Crippen molar-refractivity contribution in [3.8, 4) is 16.9 Å². The van der Waals surface area contributed by atoms with Crippen molar-refractivity contribution in [3.05, 3.63) is 48.5 Å². The van der Waals surface area contributed by atoms with Gasteiger partial charge in [-0.1, -0.05) is 24.3 Å². The lowest BCUT2D eigenvalue weighted by Crippen LogP contribution is -2.45. The maximum atomic E-state index is 5.61. The molecule has 27 heavy (non-hydrogen) atoms. The van der Waals surface area contributed by atoms with Crippen LogP contribution < -0.4 is 9.64 Å². The molecule has 2 aliphatic rings. The molecule has 0 N–H and O–H groups in total. The Balaban J connectivity index is 1.37. The number of piperidine rings is 1. The van der Waals surface area contributed by atoms with Crippen molar-refractivity contribution >= 4 is 5.69 Å². The van der Waals surface area contributed by atoms with Crippen molar-refractivity contribution < 1.29 is 9.47 Å². The van der Waals surface area contributed by atoms with Crippen LogP contribution in [0.5, 0.6) is 5.75 Å². The summed E-state index contributed by atoms with van der Waals surface area (Å²) in [5.74, 6) is 0.901. The van der Waals surface area contributed by atoms with Crippen LogP contribution in [0.1, 0.15) is 19.3 Å². The van der Waals surface area contributed by atoms with E-state index in [9.17, 15) is 0 Å². The maximum Gasteiger partial charge on any atom is 0.119 e. The lowest BCUT2D eigenvalue weighted by molar-refractivity contribution is 0.125. The topological polar surface area (TPSA) is 24.9 Å². The molecule has 2 fully saturated rings. The fourth-order valence-corrected chi connectivity index (χ4v) is 4.29. The van der Waals surface area contributed by atoms with Crippen LogP contribution in [0.15, 0.2) is 48.5 Å². The number of ether oxygens (including phenoxy) is 2. The number of anilines is 1. The highest BCUT2D eigenvalue weighted by Gasteiger charge is 2.25. The first-order valence-corrected chi connectivity index (χ1v) is 10.1. The van der Waals surface area contributed by atoms with E-state index in [4.69, 9.17) is 9.47 Å².